The second kappa shape index (κ2) is 7.11. The summed E-state index contributed by atoms with van der Waals surface area (Å²) in [4.78, 5) is 28.9. The van der Waals surface area contributed by atoms with Crippen LogP contribution in [0.5, 0.6) is 0 Å². The van der Waals surface area contributed by atoms with Crippen LogP contribution in [0.2, 0.25) is 5.02 Å². The van der Waals surface area contributed by atoms with Crippen LogP contribution in [0.25, 0.3) is 0 Å². The molecule has 0 radical (unpaired) electrons. The van der Waals surface area contributed by atoms with Gasteiger partial charge in [-0.2, -0.15) is 0 Å². The van der Waals surface area contributed by atoms with Crippen molar-refractivity contribution in [2.24, 2.45) is 11.7 Å². The van der Waals surface area contributed by atoms with E-state index < -0.39 is 6.04 Å². The van der Waals surface area contributed by atoms with Crippen LogP contribution in [0.1, 0.15) is 32.1 Å². The molecule has 3 atom stereocenters. The van der Waals surface area contributed by atoms with Crippen molar-refractivity contribution in [2.75, 3.05) is 18.5 Å². The van der Waals surface area contributed by atoms with Gasteiger partial charge in [0.2, 0.25) is 11.8 Å². The minimum atomic E-state index is -0.410. The molecule has 130 valence electrons. The summed E-state index contributed by atoms with van der Waals surface area (Å²) >= 11 is 6.21. The Bertz CT molecular complexity index is 636. The number of halogens is 1. The van der Waals surface area contributed by atoms with E-state index in [4.69, 9.17) is 17.3 Å². The van der Waals surface area contributed by atoms with Crippen LogP contribution in [0.3, 0.4) is 0 Å². The van der Waals surface area contributed by atoms with Crippen molar-refractivity contribution in [3.63, 3.8) is 0 Å². The van der Waals surface area contributed by atoms with Crippen molar-refractivity contribution in [1.82, 2.24) is 4.90 Å². The molecule has 1 saturated carbocycles. The predicted molar refractivity (Wildman–Crippen MR) is 94.9 cm³/mol. The van der Waals surface area contributed by atoms with Gasteiger partial charge in [-0.05, 0) is 37.8 Å². The van der Waals surface area contributed by atoms with Crippen LogP contribution in [0.4, 0.5) is 5.69 Å². The van der Waals surface area contributed by atoms with E-state index in [0.29, 0.717) is 23.7 Å². The van der Waals surface area contributed by atoms with Crippen molar-refractivity contribution in [3.8, 4) is 0 Å². The fourth-order valence-electron chi connectivity index (χ4n) is 3.83. The molecule has 1 aliphatic heterocycles. The van der Waals surface area contributed by atoms with Crippen LogP contribution >= 0.6 is 11.6 Å². The molecule has 0 aromatic heterocycles. The largest absolute Gasteiger partial charge is 0.333 e. The summed E-state index contributed by atoms with van der Waals surface area (Å²) in [6.07, 6.45) is 4.18. The van der Waals surface area contributed by atoms with E-state index in [1.807, 2.05) is 18.2 Å². The van der Waals surface area contributed by atoms with Gasteiger partial charge in [0.15, 0.2) is 0 Å². The maximum Gasteiger partial charge on any atom is 0.249 e. The molecule has 1 heterocycles. The Hall–Kier alpha value is -1.59. The SMILES string of the molecule is CN(C(=O)[C@@H]1CCC[C@@H](N)C1)[C@@H]1CCN(c2ccccc2Cl)C1=O. The fraction of sp³-hybridized carbons (Fsp3) is 0.556. The Morgan fingerprint density at radius 2 is 2.04 bits per heavy atom. The Kier molecular flexibility index (Phi) is 5.11. The Balaban J connectivity index is 1.70. The molecule has 24 heavy (non-hydrogen) atoms. The van der Waals surface area contributed by atoms with E-state index in [-0.39, 0.29) is 23.8 Å². The first-order chi connectivity index (χ1) is 11.5. The lowest BCUT2D eigenvalue weighted by Gasteiger charge is -2.31. The van der Waals surface area contributed by atoms with E-state index in [1.54, 1.807) is 22.9 Å². The molecule has 0 spiro atoms. The molecule has 5 nitrogen and oxygen atoms in total. The molecular formula is C18H24ClN3O2. The zero-order valence-corrected chi connectivity index (χ0v) is 14.7. The molecule has 6 heteroatoms. The molecule has 0 unspecified atom stereocenters. The molecule has 0 bridgehead atoms. The predicted octanol–water partition coefficient (Wildman–Crippen LogP) is 2.42. The zero-order chi connectivity index (χ0) is 17.3. The van der Waals surface area contributed by atoms with Crippen LogP contribution in [-0.2, 0) is 9.59 Å². The lowest BCUT2D eigenvalue weighted by molar-refractivity contribution is -0.141. The van der Waals surface area contributed by atoms with Crippen molar-refractivity contribution in [2.45, 2.75) is 44.2 Å². The Labute approximate surface area is 147 Å². The summed E-state index contributed by atoms with van der Waals surface area (Å²) in [6, 6.07) is 7.00. The standard InChI is InChI=1S/C18H24ClN3O2/c1-21(17(23)12-5-4-6-13(20)11-12)16-9-10-22(18(16)24)15-8-3-2-7-14(15)19/h2-3,7-8,12-13,16H,4-6,9-11,20H2,1H3/t12-,13-,16-/m1/s1. The number of anilines is 1. The summed E-state index contributed by atoms with van der Waals surface area (Å²) in [7, 11) is 1.74. The van der Waals surface area contributed by atoms with E-state index in [0.717, 1.165) is 25.7 Å². The number of rotatable bonds is 3. The van der Waals surface area contributed by atoms with E-state index >= 15 is 0 Å². The van der Waals surface area contributed by atoms with Crippen molar-refractivity contribution < 1.29 is 9.59 Å². The Morgan fingerprint density at radius 1 is 1.29 bits per heavy atom. The van der Waals surface area contributed by atoms with E-state index in [9.17, 15) is 9.59 Å². The van der Waals surface area contributed by atoms with Crippen molar-refractivity contribution in [1.29, 1.82) is 0 Å². The van der Waals surface area contributed by atoms with Crippen LogP contribution in [0.15, 0.2) is 24.3 Å². The minimum Gasteiger partial charge on any atom is -0.333 e. The number of carbonyl (C=O) groups is 2. The smallest absolute Gasteiger partial charge is 0.249 e. The van der Waals surface area contributed by atoms with Gasteiger partial charge in [-0.3, -0.25) is 9.59 Å². The molecule has 2 fully saturated rings. The first-order valence-electron chi connectivity index (χ1n) is 8.57. The van der Waals surface area contributed by atoms with E-state index in [1.165, 1.54) is 0 Å². The van der Waals surface area contributed by atoms with Gasteiger partial charge < -0.3 is 15.5 Å². The molecule has 2 amide bonds. The molecule has 2 N–H and O–H groups in total. The normalized spacial score (nSPS) is 27.4. The summed E-state index contributed by atoms with van der Waals surface area (Å²) in [5.74, 6) is -0.0653. The van der Waals surface area contributed by atoms with Crippen LogP contribution in [-0.4, -0.2) is 42.4 Å². The number of para-hydroxylation sites is 1. The highest BCUT2D eigenvalue weighted by Crippen LogP contribution is 2.31. The maximum atomic E-state index is 12.8. The number of hydrogen-bond donors (Lipinski definition) is 1. The first-order valence-corrected chi connectivity index (χ1v) is 8.95. The Morgan fingerprint density at radius 3 is 2.75 bits per heavy atom. The van der Waals surface area contributed by atoms with Gasteiger partial charge in [-0.25, -0.2) is 0 Å². The van der Waals surface area contributed by atoms with Gasteiger partial charge in [0, 0.05) is 25.6 Å². The number of nitrogens with two attached hydrogens (primary N) is 1. The van der Waals surface area contributed by atoms with Gasteiger partial charge in [0.1, 0.15) is 6.04 Å². The third kappa shape index (κ3) is 3.28. The number of benzene rings is 1. The topological polar surface area (TPSA) is 66.6 Å². The molecule has 1 saturated heterocycles. The first kappa shape index (κ1) is 17.2. The minimum absolute atomic E-state index is 0.0458. The van der Waals surface area contributed by atoms with Gasteiger partial charge in [-0.15, -0.1) is 0 Å². The highest BCUT2D eigenvalue weighted by molar-refractivity contribution is 6.34. The lowest BCUT2D eigenvalue weighted by atomic mass is 9.85. The quantitative estimate of drug-likeness (QED) is 0.911. The third-order valence-corrected chi connectivity index (χ3v) is 5.52. The summed E-state index contributed by atoms with van der Waals surface area (Å²) in [6.45, 7) is 0.578. The van der Waals surface area contributed by atoms with Gasteiger partial charge in [0.05, 0.1) is 10.7 Å². The zero-order valence-electron chi connectivity index (χ0n) is 14.0. The van der Waals surface area contributed by atoms with Crippen molar-refractivity contribution in [3.05, 3.63) is 29.3 Å². The molecular weight excluding hydrogens is 326 g/mol. The number of likely N-dealkylation sites (N-methyl/N-ethyl adjacent to an activating group) is 1. The number of amides is 2. The fourth-order valence-corrected chi connectivity index (χ4v) is 4.07. The number of carbonyl (C=O) groups excluding carboxylic acids is 2. The number of hydrogen-bond acceptors (Lipinski definition) is 3. The van der Waals surface area contributed by atoms with Gasteiger partial charge in [0.25, 0.3) is 0 Å². The summed E-state index contributed by atoms with van der Waals surface area (Å²) in [5.41, 5.74) is 6.71. The van der Waals surface area contributed by atoms with Gasteiger partial charge >= 0.3 is 0 Å². The monoisotopic (exact) mass is 349 g/mol. The van der Waals surface area contributed by atoms with Crippen LogP contribution < -0.4 is 10.6 Å². The molecule has 2 aliphatic rings. The maximum absolute atomic E-state index is 12.8. The molecule has 1 aliphatic carbocycles. The highest BCUT2D eigenvalue weighted by atomic mass is 35.5. The lowest BCUT2D eigenvalue weighted by Crippen LogP contribution is -2.47. The molecule has 1 aromatic rings. The molecule has 1 aromatic carbocycles. The average molecular weight is 350 g/mol. The summed E-state index contributed by atoms with van der Waals surface area (Å²) in [5, 5.41) is 0.554. The van der Waals surface area contributed by atoms with Crippen LogP contribution in [0, 0.1) is 5.92 Å². The number of nitrogens with zero attached hydrogens (tertiary/aromatic N) is 2. The highest BCUT2D eigenvalue weighted by Gasteiger charge is 2.39. The van der Waals surface area contributed by atoms with Crippen molar-refractivity contribution >= 4 is 29.1 Å². The van der Waals surface area contributed by atoms with Gasteiger partial charge in [-0.1, -0.05) is 30.2 Å². The molecule has 3 rings (SSSR count). The summed E-state index contributed by atoms with van der Waals surface area (Å²) < 4.78 is 0. The van der Waals surface area contributed by atoms with E-state index in [2.05, 4.69) is 0 Å². The average Bonchev–Trinajstić information content (AvgIpc) is 2.95. The second-order valence-corrected chi connectivity index (χ2v) is 7.23. The second-order valence-electron chi connectivity index (χ2n) is 6.82. The third-order valence-electron chi connectivity index (χ3n) is 5.20.